The molecule has 0 aliphatic carbocycles. The van der Waals surface area contributed by atoms with Gasteiger partial charge in [0.2, 0.25) is 0 Å². The van der Waals surface area contributed by atoms with Gasteiger partial charge >= 0.3 is 12.2 Å². The normalized spacial score (nSPS) is 4.33. The van der Waals surface area contributed by atoms with Crippen molar-refractivity contribution < 1.29 is 36.4 Å². The molecule has 0 heterocycles. The van der Waals surface area contributed by atoms with Gasteiger partial charge in [-0.1, -0.05) is 0 Å². The van der Waals surface area contributed by atoms with Crippen molar-refractivity contribution in [1.82, 2.24) is 0 Å². The molecule has 0 saturated carbocycles. The lowest BCUT2D eigenvalue weighted by atomic mass is 11.1. The van der Waals surface area contributed by atoms with Crippen molar-refractivity contribution in [2.75, 3.05) is 0 Å². The number of hydrogen-bond donors (Lipinski definition) is 0. The minimum absolute atomic E-state index is 0. The van der Waals surface area contributed by atoms with Crippen molar-refractivity contribution in [1.29, 1.82) is 0 Å². The molecule has 0 nitrogen and oxygen atoms in total. The molecule has 8 heteroatoms. The largest absolute Gasteiger partial charge is 1.00 e. The molecule has 0 aliphatic heterocycles. The highest BCUT2D eigenvalue weighted by molar-refractivity contribution is 4.77. The molecular weight excluding hydrogens is 200 g/mol. The van der Waals surface area contributed by atoms with Crippen LogP contribution in [0.3, 0.4) is 0 Å². The molecule has 0 aromatic carbocycles. The molecule has 0 aliphatic rings. The van der Waals surface area contributed by atoms with Crippen molar-refractivity contribution in [3.8, 4) is 0 Å². The molecule has 0 fully saturated rings. The summed E-state index contributed by atoms with van der Waals surface area (Å²) in [4.78, 5) is 0. The first-order chi connectivity index (χ1) is 3.64. The Morgan fingerprint density at radius 3 is 0.667 bits per heavy atom. The Morgan fingerprint density at radius 1 is 0.583 bits per heavy atom. The van der Waals surface area contributed by atoms with E-state index in [2.05, 4.69) is 13.2 Å². The summed E-state index contributed by atoms with van der Waals surface area (Å²) in [5.41, 5.74) is 0. The van der Waals surface area contributed by atoms with E-state index in [1.54, 1.807) is 0 Å². The molecule has 0 bridgehead atoms. The predicted molar refractivity (Wildman–Crippen MR) is 22.7 cm³/mol. The van der Waals surface area contributed by atoms with Crippen LogP contribution in [0.25, 0.3) is 0 Å². The van der Waals surface area contributed by atoms with Crippen LogP contribution in [0.4, 0.5) is 17.6 Å². The summed E-state index contributed by atoms with van der Waals surface area (Å²) in [6.07, 6.45) is -5.81. The van der Waals surface area contributed by atoms with Crippen molar-refractivity contribution in [2.45, 2.75) is 0 Å². The lowest BCUT2D eigenvalue weighted by Crippen LogP contribution is -3.00. The fourth-order valence-corrected chi connectivity index (χ4v) is 0. The summed E-state index contributed by atoms with van der Waals surface area (Å²) in [7, 11) is 0. The fourth-order valence-electron chi connectivity index (χ4n) is 0. The number of rotatable bonds is 0. The monoisotopic (exact) mass is 204 g/mol. The summed E-state index contributed by atoms with van der Waals surface area (Å²) < 4.78 is 41.1. The topological polar surface area (TPSA) is 0 Å². The average molecular weight is 204 g/mol. The molecule has 0 aromatic heterocycles. The van der Waals surface area contributed by atoms with E-state index in [4.69, 9.17) is 0 Å². The van der Waals surface area contributed by atoms with Gasteiger partial charge in [0.15, 0.2) is 0 Å². The minimum atomic E-state index is -2.91. The van der Waals surface area contributed by atoms with E-state index in [0.29, 0.717) is 0 Å². The van der Waals surface area contributed by atoms with Crippen LogP contribution in [0.15, 0.2) is 25.3 Å². The van der Waals surface area contributed by atoms with E-state index in [-0.39, 0.29) is 18.8 Å². The van der Waals surface area contributed by atoms with E-state index in [0.717, 1.165) is 0 Å². The van der Waals surface area contributed by atoms with E-state index < -0.39 is 12.2 Å². The highest BCUT2D eigenvalue weighted by Crippen LogP contribution is 2.08. The van der Waals surface area contributed by atoms with E-state index in [9.17, 15) is 17.6 Å². The Kier molecular flexibility index (Phi) is 121. The molecule has 0 aromatic rings. The predicted octanol–water partition coefficient (Wildman–Crippen LogP) is -9.19. The van der Waals surface area contributed by atoms with Gasteiger partial charge in [0.05, 0.1) is 0 Å². The number of hydrogen-bond acceptors (Lipinski definition) is 0. The average Bonchev–Trinajstić information content (AvgIpc) is 1.72. The molecule has 0 spiro atoms. The maximum atomic E-state index is 10.3. The standard InChI is InChI=1S/C2F4.C2H4.4FH/c3-1(4)2(5)6;1-2;;;;/h;1-2H2;4*1H/p-4. The second kappa shape index (κ2) is 32.6. The fraction of sp³-hybridized carbons (Fsp3) is 0. The van der Waals surface area contributed by atoms with Crippen molar-refractivity contribution in [3.05, 3.63) is 25.3 Å². The third-order valence-corrected chi connectivity index (χ3v) is 0.143. The molecule has 0 rings (SSSR count). The van der Waals surface area contributed by atoms with Crippen LogP contribution in [-0.2, 0) is 0 Å². The van der Waals surface area contributed by atoms with Gasteiger partial charge in [-0.05, 0) is 0 Å². The summed E-state index contributed by atoms with van der Waals surface area (Å²) in [5.74, 6) is 0. The van der Waals surface area contributed by atoms with Gasteiger partial charge in [-0.2, -0.15) is 17.6 Å². The quantitative estimate of drug-likeness (QED) is 0.271. The van der Waals surface area contributed by atoms with Gasteiger partial charge in [0, 0.05) is 0 Å². The van der Waals surface area contributed by atoms with Crippen molar-refractivity contribution in [3.63, 3.8) is 0 Å². The lowest BCUT2D eigenvalue weighted by Gasteiger charge is -1.69. The summed E-state index contributed by atoms with van der Waals surface area (Å²) >= 11 is 0. The van der Waals surface area contributed by atoms with Gasteiger partial charge < -0.3 is 18.8 Å². The molecule has 0 saturated heterocycles. The van der Waals surface area contributed by atoms with Crippen LogP contribution in [-0.4, -0.2) is 0 Å². The van der Waals surface area contributed by atoms with Gasteiger partial charge in [-0.15, -0.1) is 13.2 Å². The Bertz CT molecular complexity index is 71.1. The molecule has 0 radical (unpaired) electrons. The highest BCUT2D eigenvalue weighted by atomic mass is 19.3. The second-order valence-corrected chi connectivity index (χ2v) is 0.521. The van der Waals surface area contributed by atoms with Crippen molar-refractivity contribution >= 4 is 0 Å². The molecule has 12 heavy (non-hydrogen) atoms. The van der Waals surface area contributed by atoms with E-state index >= 15 is 0 Å². The Labute approximate surface area is 63.0 Å². The summed E-state index contributed by atoms with van der Waals surface area (Å²) in [5, 5.41) is 0. The van der Waals surface area contributed by atoms with Gasteiger partial charge in [0.25, 0.3) is 0 Å². The summed E-state index contributed by atoms with van der Waals surface area (Å²) in [6.45, 7) is 6.00. The molecule has 0 atom stereocenters. The van der Waals surface area contributed by atoms with Crippen LogP contribution >= 0.6 is 0 Å². The van der Waals surface area contributed by atoms with Crippen LogP contribution in [0.2, 0.25) is 0 Å². The Balaban J connectivity index is -0.0000000140. The van der Waals surface area contributed by atoms with Crippen molar-refractivity contribution in [2.24, 2.45) is 0 Å². The van der Waals surface area contributed by atoms with Crippen LogP contribution in [0, 0.1) is 0 Å². The smallest absolute Gasteiger partial charge is 0.334 e. The van der Waals surface area contributed by atoms with E-state index in [1.807, 2.05) is 0 Å². The zero-order valence-electron chi connectivity index (χ0n) is 5.44. The number of halogens is 8. The minimum Gasteiger partial charge on any atom is -1.00 e. The van der Waals surface area contributed by atoms with Crippen LogP contribution in [0.1, 0.15) is 0 Å². The van der Waals surface area contributed by atoms with Crippen LogP contribution < -0.4 is 18.8 Å². The molecule has 80 valence electrons. The second-order valence-electron chi connectivity index (χ2n) is 0.521. The molecular formula is C4H4F8-4. The first-order valence-corrected chi connectivity index (χ1v) is 1.51. The lowest BCUT2D eigenvalue weighted by molar-refractivity contribution is -0.00100. The highest BCUT2D eigenvalue weighted by Gasteiger charge is 1.98. The molecule has 0 unspecified atom stereocenters. The van der Waals surface area contributed by atoms with Gasteiger partial charge in [-0.25, -0.2) is 0 Å². The first-order valence-electron chi connectivity index (χ1n) is 1.51. The van der Waals surface area contributed by atoms with Gasteiger partial charge in [0.1, 0.15) is 0 Å². The Hall–Kier alpha value is -1.08. The maximum absolute atomic E-state index is 10.3. The van der Waals surface area contributed by atoms with Gasteiger partial charge in [-0.3, -0.25) is 0 Å². The third kappa shape index (κ3) is 65.6. The third-order valence-electron chi connectivity index (χ3n) is 0.143. The summed E-state index contributed by atoms with van der Waals surface area (Å²) in [6, 6.07) is 0. The molecule has 0 N–H and O–H groups in total. The van der Waals surface area contributed by atoms with Crippen LogP contribution in [0.5, 0.6) is 0 Å². The maximum Gasteiger partial charge on any atom is 0.334 e. The molecule has 0 amide bonds. The SMILES string of the molecule is C=C.FC(F)=C(F)F.[F-].[F-].[F-].[F-]. The zero-order chi connectivity index (χ0) is 7.15. The Morgan fingerprint density at radius 2 is 0.667 bits per heavy atom. The zero-order valence-corrected chi connectivity index (χ0v) is 5.44. The first kappa shape index (κ1) is 44.4. The van der Waals surface area contributed by atoms with E-state index in [1.165, 1.54) is 0 Å².